The minimum absolute atomic E-state index is 0.0861. The van der Waals surface area contributed by atoms with E-state index in [9.17, 15) is 4.79 Å². The van der Waals surface area contributed by atoms with E-state index in [1.165, 1.54) is 10.1 Å². The molecule has 5 rings (SSSR count). The van der Waals surface area contributed by atoms with E-state index in [0.29, 0.717) is 53.0 Å². The Morgan fingerprint density at radius 1 is 1.24 bits per heavy atom. The number of ether oxygens (including phenoxy) is 1. The zero-order chi connectivity index (χ0) is 29.8. The van der Waals surface area contributed by atoms with Crippen molar-refractivity contribution >= 4 is 28.6 Å². The topological polar surface area (TPSA) is 124 Å². The fourth-order valence-electron chi connectivity index (χ4n) is 5.65. The summed E-state index contributed by atoms with van der Waals surface area (Å²) in [6, 6.07) is 13.3. The normalized spacial score (nSPS) is 17.2. The molecule has 42 heavy (non-hydrogen) atoms. The Balaban J connectivity index is 1.35. The van der Waals surface area contributed by atoms with Gasteiger partial charge in [0, 0.05) is 30.3 Å². The van der Waals surface area contributed by atoms with Crippen LogP contribution in [0.1, 0.15) is 63.0 Å². The Morgan fingerprint density at radius 2 is 2.02 bits per heavy atom. The van der Waals surface area contributed by atoms with Crippen molar-refractivity contribution in [1.82, 2.24) is 14.5 Å². The number of H-pyrrole nitrogens is 1. The molecule has 0 radical (unpaired) electrons. The monoisotopic (exact) mass is 592 g/mol. The highest BCUT2D eigenvalue weighted by molar-refractivity contribution is 6.31. The molecule has 0 unspecified atom stereocenters. The fourth-order valence-corrected chi connectivity index (χ4v) is 5.90. The van der Waals surface area contributed by atoms with Gasteiger partial charge in [-0.15, -0.1) is 0 Å². The highest BCUT2D eigenvalue weighted by Gasteiger charge is 2.24. The summed E-state index contributed by atoms with van der Waals surface area (Å²) >= 11 is 6.27. The lowest BCUT2D eigenvalue weighted by molar-refractivity contribution is 0.00355. The number of guanidine groups is 1. The molecule has 1 aliphatic heterocycles. The summed E-state index contributed by atoms with van der Waals surface area (Å²) in [6.45, 7) is 5.60. The Labute approximate surface area is 250 Å². The summed E-state index contributed by atoms with van der Waals surface area (Å²) in [7, 11) is 0. The Morgan fingerprint density at radius 3 is 2.76 bits per heavy atom. The average Bonchev–Trinajstić information content (AvgIpc) is 3.37. The van der Waals surface area contributed by atoms with Crippen LogP contribution in [0.3, 0.4) is 0 Å². The van der Waals surface area contributed by atoms with Gasteiger partial charge in [0.2, 0.25) is 0 Å². The van der Waals surface area contributed by atoms with Gasteiger partial charge in [-0.3, -0.25) is 9.56 Å². The number of rotatable bonds is 10. The third-order valence-electron chi connectivity index (χ3n) is 7.89. The van der Waals surface area contributed by atoms with Crippen LogP contribution in [0.5, 0.6) is 0 Å². The lowest BCUT2D eigenvalue weighted by atomic mass is 9.87. The quantitative estimate of drug-likeness (QED) is 0.152. The lowest BCUT2D eigenvalue weighted by Crippen LogP contribution is -2.27. The lowest BCUT2D eigenvalue weighted by Gasteiger charge is -2.29. The number of nitrogens with one attached hydrogen (secondary N) is 1. The molecule has 0 bridgehead atoms. The molecule has 0 aliphatic carbocycles. The molecule has 1 fully saturated rings. The van der Waals surface area contributed by atoms with Crippen LogP contribution >= 0.6 is 11.6 Å². The van der Waals surface area contributed by atoms with Gasteiger partial charge in [-0.2, -0.15) is 4.98 Å². The first-order valence-corrected chi connectivity index (χ1v) is 14.9. The summed E-state index contributed by atoms with van der Waals surface area (Å²) in [5.41, 5.74) is 14.6. The van der Waals surface area contributed by atoms with Crippen molar-refractivity contribution in [2.24, 2.45) is 22.4 Å². The number of aliphatic imine (C=N–C) groups is 1. The molecular weight excluding hydrogens is 555 g/mol. The van der Waals surface area contributed by atoms with Crippen LogP contribution in [0.25, 0.3) is 28.0 Å². The molecule has 2 atom stereocenters. The van der Waals surface area contributed by atoms with Crippen molar-refractivity contribution in [2.45, 2.75) is 64.4 Å². The van der Waals surface area contributed by atoms with Gasteiger partial charge in [-0.1, -0.05) is 44.0 Å². The predicted molar refractivity (Wildman–Crippen MR) is 167 cm³/mol. The maximum absolute atomic E-state index is 15.1. The van der Waals surface area contributed by atoms with E-state index >= 15 is 4.39 Å². The minimum atomic E-state index is -0.492. The van der Waals surface area contributed by atoms with Crippen molar-refractivity contribution in [3.8, 4) is 16.9 Å². The van der Waals surface area contributed by atoms with Crippen LogP contribution < -0.4 is 17.2 Å². The van der Waals surface area contributed by atoms with E-state index in [0.717, 1.165) is 44.1 Å². The third-order valence-corrected chi connectivity index (χ3v) is 8.16. The first-order chi connectivity index (χ1) is 20.2. The summed E-state index contributed by atoms with van der Waals surface area (Å²) in [5.74, 6) is 0.555. The molecule has 222 valence electrons. The molecule has 1 saturated heterocycles. The Hall–Kier alpha value is -3.69. The SMILES string of the molecule is CC(C)CCCc1cc(Cl)c(F)c(-c2cc3cn(-c4ccc([C@H]5CCO[C@H](CCN=C(N)N)C5)cc4)c(=O)nc3[nH]2)c1. The number of fused-ring (bicyclic) bond motifs is 1. The molecule has 2 aromatic carbocycles. The number of aryl methyl sites for hydroxylation is 1. The van der Waals surface area contributed by atoms with Gasteiger partial charge in [-0.25, -0.2) is 9.18 Å². The molecule has 5 N–H and O–H groups in total. The van der Waals surface area contributed by atoms with Crippen molar-refractivity contribution < 1.29 is 9.13 Å². The maximum Gasteiger partial charge on any atom is 0.354 e. The average molecular weight is 593 g/mol. The smallest absolute Gasteiger partial charge is 0.354 e. The molecule has 4 aromatic rings. The summed E-state index contributed by atoms with van der Waals surface area (Å²) < 4.78 is 22.5. The number of nitrogens with zero attached hydrogens (tertiary/aromatic N) is 3. The Bertz CT molecular complexity index is 1620. The number of hydrogen-bond acceptors (Lipinski definition) is 4. The molecule has 0 spiro atoms. The molecule has 10 heteroatoms. The predicted octanol–water partition coefficient (Wildman–Crippen LogP) is 6.08. The largest absolute Gasteiger partial charge is 0.378 e. The Kier molecular flexibility index (Phi) is 9.28. The number of aromatic amines is 1. The fraction of sp³-hybridized carbons (Fsp3) is 0.406. The zero-order valence-electron chi connectivity index (χ0n) is 24.1. The highest BCUT2D eigenvalue weighted by atomic mass is 35.5. The van der Waals surface area contributed by atoms with Crippen molar-refractivity contribution in [2.75, 3.05) is 13.2 Å². The number of aromatic nitrogens is 3. The molecule has 0 saturated carbocycles. The van der Waals surface area contributed by atoms with E-state index < -0.39 is 11.5 Å². The van der Waals surface area contributed by atoms with Crippen LogP contribution in [-0.2, 0) is 11.2 Å². The summed E-state index contributed by atoms with van der Waals surface area (Å²) in [6.07, 6.45) is 7.32. The van der Waals surface area contributed by atoms with Crippen molar-refractivity contribution in [1.29, 1.82) is 0 Å². The molecule has 3 heterocycles. The van der Waals surface area contributed by atoms with Gasteiger partial charge in [0.1, 0.15) is 5.65 Å². The molecule has 0 amide bonds. The van der Waals surface area contributed by atoms with Crippen LogP contribution in [0.4, 0.5) is 4.39 Å². The van der Waals surface area contributed by atoms with Crippen LogP contribution in [0.2, 0.25) is 5.02 Å². The standard InChI is InChI=1S/C32H38ClFN6O2/c1-19(2)4-3-5-20-14-26(29(34)27(33)15-20)28-17-23-18-40(32(41)39-30(23)38-28)24-8-6-21(7-9-24)22-11-13-42-25(16-22)10-12-37-31(35)36/h6-9,14-15,17-19,22,25H,3-5,10-13,16H2,1-2H3,(H4,35,36,37)(H,38,39,41)/t22-,25+/m0/s1. The number of halogens is 2. The summed E-state index contributed by atoms with van der Waals surface area (Å²) in [5, 5.41) is 0.783. The maximum atomic E-state index is 15.1. The number of hydrogen-bond donors (Lipinski definition) is 3. The van der Waals surface area contributed by atoms with E-state index in [1.807, 2.05) is 24.3 Å². The second-order valence-corrected chi connectivity index (χ2v) is 11.9. The van der Waals surface area contributed by atoms with Crippen molar-refractivity contribution in [3.63, 3.8) is 0 Å². The number of nitrogens with two attached hydrogens (primary N) is 2. The van der Waals surface area contributed by atoms with Crippen LogP contribution in [-0.4, -0.2) is 39.8 Å². The van der Waals surface area contributed by atoms with Crippen LogP contribution in [0, 0.1) is 11.7 Å². The third kappa shape index (κ3) is 7.02. The van der Waals surface area contributed by atoms with Gasteiger partial charge in [-0.05, 0) is 85.4 Å². The van der Waals surface area contributed by atoms with Gasteiger partial charge < -0.3 is 21.2 Å². The minimum Gasteiger partial charge on any atom is -0.378 e. The van der Waals surface area contributed by atoms with Crippen molar-refractivity contribution in [3.05, 3.63) is 81.1 Å². The number of benzene rings is 2. The second-order valence-electron chi connectivity index (χ2n) is 11.5. The van der Waals surface area contributed by atoms with Crippen LogP contribution in [0.15, 0.2) is 58.4 Å². The molecular formula is C32H38ClFN6O2. The zero-order valence-corrected chi connectivity index (χ0v) is 24.8. The van der Waals surface area contributed by atoms with E-state index in [2.05, 4.69) is 40.9 Å². The van der Waals surface area contributed by atoms with Gasteiger partial charge in [0.25, 0.3) is 0 Å². The van der Waals surface area contributed by atoms with Gasteiger partial charge in [0.05, 0.1) is 22.5 Å². The first-order valence-electron chi connectivity index (χ1n) is 14.6. The molecule has 2 aromatic heterocycles. The first kappa shape index (κ1) is 29.8. The van der Waals surface area contributed by atoms with E-state index in [-0.39, 0.29) is 17.1 Å². The molecule has 8 nitrogen and oxygen atoms in total. The van der Waals surface area contributed by atoms with Gasteiger partial charge >= 0.3 is 5.69 Å². The molecule has 1 aliphatic rings. The van der Waals surface area contributed by atoms with E-state index in [1.54, 1.807) is 12.3 Å². The highest BCUT2D eigenvalue weighted by Crippen LogP contribution is 2.33. The van der Waals surface area contributed by atoms with E-state index in [4.69, 9.17) is 27.8 Å². The van der Waals surface area contributed by atoms with Gasteiger partial charge in [0.15, 0.2) is 11.8 Å². The second kappa shape index (κ2) is 13.1. The summed E-state index contributed by atoms with van der Waals surface area (Å²) in [4.78, 5) is 24.4.